The van der Waals surface area contributed by atoms with Gasteiger partial charge in [-0.15, -0.1) is 0 Å². The maximum absolute atomic E-state index is 11.7. The van der Waals surface area contributed by atoms with Gasteiger partial charge in [-0.05, 0) is 97.7 Å². The highest BCUT2D eigenvalue weighted by Crippen LogP contribution is 2.71. The lowest BCUT2D eigenvalue weighted by Crippen LogP contribution is -2.59. The Bertz CT molecular complexity index is 716. The Morgan fingerprint density at radius 3 is 2.42 bits per heavy atom. The number of rotatable bonds is 0. The van der Waals surface area contributed by atoms with Crippen LogP contribution in [-0.4, -0.2) is 40.9 Å². The molecule has 0 aromatic carbocycles. The molecule has 4 nitrogen and oxygen atoms in total. The third-order valence-corrected chi connectivity index (χ3v) is 11.8. The lowest BCUT2D eigenvalue weighted by Gasteiger charge is -2.62. The zero-order valence-corrected chi connectivity index (χ0v) is 20.1. The molecule has 6 rings (SSSR count). The van der Waals surface area contributed by atoms with Crippen molar-refractivity contribution in [2.24, 2.45) is 52.3 Å². The summed E-state index contributed by atoms with van der Waals surface area (Å²) in [7, 11) is 0. The molecule has 31 heavy (non-hydrogen) atoms. The third-order valence-electron chi connectivity index (χ3n) is 11.8. The molecule has 176 valence electrons. The highest BCUT2D eigenvalue weighted by molar-refractivity contribution is 5.17. The van der Waals surface area contributed by atoms with Crippen molar-refractivity contribution in [1.82, 2.24) is 0 Å². The van der Waals surface area contributed by atoms with Crippen molar-refractivity contribution in [3.8, 4) is 0 Å². The lowest BCUT2D eigenvalue weighted by molar-refractivity contribution is -0.274. The number of hydrogen-bond acceptors (Lipinski definition) is 4. The van der Waals surface area contributed by atoms with E-state index < -0.39 is 0 Å². The van der Waals surface area contributed by atoms with Crippen LogP contribution in [0, 0.1) is 52.3 Å². The molecule has 0 amide bonds. The molecular weight excluding hydrogens is 388 g/mol. The second kappa shape index (κ2) is 6.93. The molecule has 4 heteroatoms. The van der Waals surface area contributed by atoms with E-state index in [0.717, 1.165) is 45.1 Å². The van der Waals surface area contributed by atoms with E-state index >= 15 is 0 Å². The molecule has 2 N–H and O–H groups in total. The van der Waals surface area contributed by atoms with Crippen molar-refractivity contribution in [3.05, 3.63) is 0 Å². The molecule has 0 aromatic rings. The van der Waals surface area contributed by atoms with Crippen molar-refractivity contribution in [3.63, 3.8) is 0 Å². The summed E-state index contributed by atoms with van der Waals surface area (Å²) in [5, 5.41) is 22.0. The maximum Gasteiger partial charge on any atom is 0.171 e. The molecule has 0 unspecified atom stereocenters. The van der Waals surface area contributed by atoms with Crippen LogP contribution in [0.4, 0.5) is 0 Å². The molecule has 2 heterocycles. The molecule has 0 aromatic heterocycles. The Hall–Kier alpha value is -0.160. The average molecular weight is 433 g/mol. The van der Waals surface area contributed by atoms with Crippen LogP contribution in [0.3, 0.4) is 0 Å². The topological polar surface area (TPSA) is 58.9 Å². The van der Waals surface area contributed by atoms with Gasteiger partial charge < -0.3 is 19.7 Å². The van der Waals surface area contributed by atoms with Gasteiger partial charge in [0, 0.05) is 12.3 Å². The highest BCUT2D eigenvalue weighted by Gasteiger charge is 2.70. The molecule has 13 atom stereocenters. The van der Waals surface area contributed by atoms with Crippen LogP contribution in [-0.2, 0) is 9.47 Å². The van der Waals surface area contributed by atoms with Gasteiger partial charge in [0.2, 0.25) is 0 Å². The van der Waals surface area contributed by atoms with E-state index in [1.54, 1.807) is 0 Å². The first-order valence-corrected chi connectivity index (χ1v) is 13.4. The van der Waals surface area contributed by atoms with Crippen molar-refractivity contribution in [2.75, 3.05) is 6.61 Å². The standard InChI is InChI=1S/C27H44O4/c1-15-7-10-27(30-14-15)16(2)23-22(31-27)12-20-19-6-5-17-11-18(28)8-9-25(17,3)24(19)21(29)13-26(20,23)4/h15-24,28-29H,5-14H2,1-4H3/t15-,16-,17-,18-,19+,20-,21-,22-,23-,24+,25+,26+,27-/m1/s1. The first-order valence-electron chi connectivity index (χ1n) is 13.4. The molecular formula is C27H44O4. The van der Waals surface area contributed by atoms with Crippen LogP contribution >= 0.6 is 0 Å². The zero-order valence-electron chi connectivity index (χ0n) is 20.1. The molecule has 4 aliphatic carbocycles. The predicted octanol–water partition coefficient (Wildman–Crippen LogP) is 4.76. The Balaban J connectivity index is 1.29. The summed E-state index contributed by atoms with van der Waals surface area (Å²) in [5.74, 6) is 3.40. The fourth-order valence-electron chi connectivity index (χ4n) is 10.4. The summed E-state index contributed by atoms with van der Waals surface area (Å²) >= 11 is 0. The van der Waals surface area contributed by atoms with E-state index in [9.17, 15) is 10.2 Å². The molecule has 0 bridgehead atoms. The van der Waals surface area contributed by atoms with Crippen molar-refractivity contribution in [2.45, 2.75) is 110 Å². The molecule has 6 aliphatic rings. The van der Waals surface area contributed by atoms with Gasteiger partial charge >= 0.3 is 0 Å². The van der Waals surface area contributed by atoms with Gasteiger partial charge in [0.05, 0.1) is 24.9 Å². The summed E-state index contributed by atoms with van der Waals surface area (Å²) < 4.78 is 13.3. The summed E-state index contributed by atoms with van der Waals surface area (Å²) in [6.45, 7) is 10.4. The van der Waals surface area contributed by atoms with Crippen LogP contribution < -0.4 is 0 Å². The molecule has 6 fully saturated rings. The van der Waals surface area contributed by atoms with Gasteiger partial charge in [-0.1, -0.05) is 27.7 Å². The average Bonchev–Trinajstić information content (AvgIpc) is 3.15. The summed E-state index contributed by atoms with van der Waals surface area (Å²) in [6.07, 6.45) is 9.63. The molecule has 4 saturated carbocycles. The van der Waals surface area contributed by atoms with Crippen LogP contribution in [0.1, 0.15) is 85.5 Å². The predicted molar refractivity (Wildman–Crippen MR) is 119 cm³/mol. The lowest BCUT2D eigenvalue weighted by atomic mass is 9.43. The van der Waals surface area contributed by atoms with Gasteiger partial charge in [-0.25, -0.2) is 0 Å². The summed E-state index contributed by atoms with van der Waals surface area (Å²) in [6, 6.07) is 0. The Morgan fingerprint density at radius 2 is 1.68 bits per heavy atom. The number of hydrogen-bond donors (Lipinski definition) is 2. The zero-order chi connectivity index (χ0) is 21.8. The van der Waals surface area contributed by atoms with Crippen LogP contribution in [0.2, 0.25) is 0 Å². The summed E-state index contributed by atoms with van der Waals surface area (Å²) in [5.41, 5.74) is 0.342. The van der Waals surface area contributed by atoms with Crippen molar-refractivity contribution < 1.29 is 19.7 Å². The van der Waals surface area contributed by atoms with Gasteiger partial charge in [-0.3, -0.25) is 0 Å². The van der Waals surface area contributed by atoms with Gasteiger partial charge in [0.25, 0.3) is 0 Å². The second-order valence-electron chi connectivity index (χ2n) is 13.3. The van der Waals surface area contributed by atoms with Crippen molar-refractivity contribution in [1.29, 1.82) is 0 Å². The summed E-state index contributed by atoms with van der Waals surface area (Å²) in [4.78, 5) is 0. The second-order valence-corrected chi connectivity index (χ2v) is 13.3. The fourth-order valence-corrected chi connectivity index (χ4v) is 10.4. The monoisotopic (exact) mass is 432 g/mol. The molecule has 1 spiro atoms. The maximum atomic E-state index is 11.7. The first kappa shape index (κ1) is 21.4. The molecule has 2 saturated heterocycles. The number of aliphatic hydroxyl groups is 2. The quantitative estimate of drug-likeness (QED) is 0.579. The third kappa shape index (κ3) is 2.80. The van der Waals surface area contributed by atoms with Crippen LogP contribution in [0.5, 0.6) is 0 Å². The normalized spacial score (nSPS) is 63.3. The number of ether oxygens (including phenoxy) is 2. The Labute approximate surface area is 188 Å². The van der Waals surface area contributed by atoms with Crippen LogP contribution in [0.25, 0.3) is 0 Å². The minimum Gasteiger partial charge on any atom is -0.393 e. The van der Waals surface area contributed by atoms with E-state index in [0.29, 0.717) is 47.5 Å². The SMILES string of the molecule is C[C@@H]1CC[C@@]2(OC1)O[C@@H]1C[C@@H]3[C@@H]4CC[C@@H]5C[C@H](O)CC[C@]5(C)[C@@H]4[C@H](O)C[C@]3(C)[C@@H]1[C@H]2C. The molecule has 0 radical (unpaired) electrons. The van der Waals surface area contributed by atoms with E-state index in [-0.39, 0.29) is 28.8 Å². The first-order chi connectivity index (χ1) is 14.7. The highest BCUT2D eigenvalue weighted by atomic mass is 16.7. The van der Waals surface area contributed by atoms with E-state index in [1.807, 2.05) is 0 Å². The van der Waals surface area contributed by atoms with Crippen molar-refractivity contribution >= 4 is 0 Å². The fraction of sp³-hybridized carbons (Fsp3) is 1.00. The van der Waals surface area contributed by atoms with E-state index in [4.69, 9.17) is 9.47 Å². The van der Waals surface area contributed by atoms with E-state index in [1.165, 1.54) is 19.3 Å². The minimum absolute atomic E-state index is 0.130. The smallest absolute Gasteiger partial charge is 0.171 e. The Morgan fingerprint density at radius 1 is 0.871 bits per heavy atom. The van der Waals surface area contributed by atoms with E-state index in [2.05, 4.69) is 27.7 Å². The minimum atomic E-state index is -0.374. The van der Waals surface area contributed by atoms with Gasteiger partial charge in [0.1, 0.15) is 0 Å². The molecule has 2 aliphatic heterocycles. The Kier molecular flexibility index (Phi) is 4.78. The van der Waals surface area contributed by atoms with Gasteiger partial charge in [0.15, 0.2) is 5.79 Å². The number of aliphatic hydroxyl groups excluding tert-OH is 2. The van der Waals surface area contributed by atoms with Gasteiger partial charge in [-0.2, -0.15) is 0 Å². The largest absolute Gasteiger partial charge is 0.393 e. The number of fused-ring (bicyclic) bond motifs is 7. The van der Waals surface area contributed by atoms with Crippen LogP contribution in [0.15, 0.2) is 0 Å².